The number of amides is 1. The minimum atomic E-state index is -1.03. The van der Waals surface area contributed by atoms with E-state index in [0.29, 0.717) is 18.4 Å². The molecule has 0 radical (unpaired) electrons. The maximum Gasteiger partial charge on any atom is 0.329 e. The molecule has 17 heavy (non-hydrogen) atoms. The zero-order chi connectivity index (χ0) is 12.6. The van der Waals surface area contributed by atoms with Crippen molar-refractivity contribution < 1.29 is 14.7 Å². The monoisotopic (exact) mass is 297 g/mol. The standard InChI is InChI=1S/C12H12BrNO3/c1-7-6-8(13)2-3-9(7)10(15)14-12(4-5-12)11(16)17/h2-3,6H,4-5H2,1H3,(H,14,15)(H,16,17). The van der Waals surface area contributed by atoms with E-state index >= 15 is 0 Å². The van der Waals surface area contributed by atoms with Crippen molar-refractivity contribution in [2.75, 3.05) is 0 Å². The van der Waals surface area contributed by atoms with Crippen LogP contribution >= 0.6 is 15.9 Å². The summed E-state index contributed by atoms with van der Waals surface area (Å²) in [4.78, 5) is 22.9. The molecule has 1 aromatic carbocycles. The Balaban J connectivity index is 2.18. The van der Waals surface area contributed by atoms with Crippen molar-refractivity contribution in [3.8, 4) is 0 Å². The van der Waals surface area contributed by atoms with Gasteiger partial charge < -0.3 is 10.4 Å². The van der Waals surface area contributed by atoms with Crippen molar-refractivity contribution in [1.82, 2.24) is 5.32 Å². The number of halogens is 1. The van der Waals surface area contributed by atoms with E-state index in [1.807, 2.05) is 13.0 Å². The summed E-state index contributed by atoms with van der Waals surface area (Å²) in [5, 5.41) is 11.6. The molecule has 0 aliphatic heterocycles. The molecule has 2 rings (SSSR count). The number of hydrogen-bond acceptors (Lipinski definition) is 2. The maximum atomic E-state index is 11.9. The molecule has 0 bridgehead atoms. The Hall–Kier alpha value is -1.36. The first-order valence-electron chi connectivity index (χ1n) is 5.27. The average Bonchev–Trinajstić information content (AvgIpc) is 2.98. The lowest BCUT2D eigenvalue weighted by Crippen LogP contribution is -2.43. The second kappa shape index (κ2) is 4.14. The van der Waals surface area contributed by atoms with E-state index in [4.69, 9.17) is 5.11 Å². The van der Waals surface area contributed by atoms with Crippen LogP contribution in [0.4, 0.5) is 0 Å². The Bertz CT molecular complexity index is 495. The number of carbonyl (C=O) groups excluding carboxylic acids is 1. The minimum absolute atomic E-state index is 0.324. The first-order chi connectivity index (χ1) is 7.94. The van der Waals surface area contributed by atoms with Crippen LogP contribution < -0.4 is 5.32 Å². The van der Waals surface area contributed by atoms with Gasteiger partial charge in [0.15, 0.2) is 0 Å². The summed E-state index contributed by atoms with van der Waals surface area (Å²) in [6, 6.07) is 5.28. The summed E-state index contributed by atoms with van der Waals surface area (Å²) in [6.07, 6.45) is 1.01. The number of hydrogen-bond donors (Lipinski definition) is 2. The Morgan fingerprint density at radius 2 is 2.06 bits per heavy atom. The molecular formula is C12H12BrNO3. The molecule has 1 aliphatic rings. The number of rotatable bonds is 3. The molecule has 4 nitrogen and oxygen atoms in total. The molecule has 0 atom stereocenters. The normalized spacial score (nSPS) is 16.4. The third-order valence-corrected chi connectivity index (χ3v) is 3.44. The molecular weight excluding hydrogens is 286 g/mol. The van der Waals surface area contributed by atoms with Crippen LogP contribution in [0.5, 0.6) is 0 Å². The topological polar surface area (TPSA) is 66.4 Å². The molecule has 1 fully saturated rings. The molecule has 2 N–H and O–H groups in total. The van der Waals surface area contributed by atoms with Crippen LogP contribution in [0.1, 0.15) is 28.8 Å². The van der Waals surface area contributed by atoms with E-state index in [2.05, 4.69) is 21.2 Å². The molecule has 1 aliphatic carbocycles. The lowest BCUT2D eigenvalue weighted by molar-refractivity contribution is -0.140. The van der Waals surface area contributed by atoms with Crippen molar-refractivity contribution in [1.29, 1.82) is 0 Å². The molecule has 0 unspecified atom stereocenters. The van der Waals surface area contributed by atoms with Crippen LogP contribution in [0.25, 0.3) is 0 Å². The predicted molar refractivity (Wildman–Crippen MR) is 65.9 cm³/mol. The van der Waals surface area contributed by atoms with Crippen LogP contribution in [0.3, 0.4) is 0 Å². The highest BCUT2D eigenvalue weighted by Gasteiger charge is 2.51. The number of carbonyl (C=O) groups is 2. The van der Waals surface area contributed by atoms with Crippen LogP contribution in [0.15, 0.2) is 22.7 Å². The highest BCUT2D eigenvalue weighted by molar-refractivity contribution is 9.10. The average molecular weight is 298 g/mol. The fraction of sp³-hybridized carbons (Fsp3) is 0.333. The Labute approximate surface area is 107 Å². The lowest BCUT2D eigenvalue weighted by Gasteiger charge is -2.13. The van der Waals surface area contributed by atoms with E-state index in [1.165, 1.54) is 0 Å². The van der Waals surface area contributed by atoms with Gasteiger partial charge in [0, 0.05) is 10.0 Å². The molecule has 0 saturated heterocycles. The highest BCUT2D eigenvalue weighted by Crippen LogP contribution is 2.36. The molecule has 0 aromatic heterocycles. The third kappa shape index (κ3) is 2.34. The van der Waals surface area contributed by atoms with Gasteiger partial charge in [-0.15, -0.1) is 0 Å². The largest absolute Gasteiger partial charge is 0.480 e. The lowest BCUT2D eigenvalue weighted by atomic mass is 10.1. The van der Waals surface area contributed by atoms with Crippen LogP contribution in [-0.2, 0) is 4.79 Å². The summed E-state index contributed by atoms with van der Waals surface area (Å²) < 4.78 is 0.894. The van der Waals surface area contributed by atoms with Gasteiger partial charge in [-0.05, 0) is 43.5 Å². The molecule has 1 aromatic rings. The SMILES string of the molecule is Cc1cc(Br)ccc1C(=O)NC1(C(=O)O)CC1. The van der Waals surface area contributed by atoms with Gasteiger partial charge in [-0.2, -0.15) is 0 Å². The third-order valence-electron chi connectivity index (χ3n) is 2.95. The van der Waals surface area contributed by atoms with Crippen LogP contribution in [-0.4, -0.2) is 22.5 Å². The van der Waals surface area contributed by atoms with Gasteiger partial charge in [0.2, 0.25) is 0 Å². The van der Waals surface area contributed by atoms with Crippen molar-refractivity contribution in [2.45, 2.75) is 25.3 Å². The summed E-state index contributed by atoms with van der Waals surface area (Å²) in [5.74, 6) is -1.28. The van der Waals surface area contributed by atoms with Gasteiger partial charge in [-0.3, -0.25) is 4.79 Å². The van der Waals surface area contributed by atoms with E-state index in [9.17, 15) is 9.59 Å². The van der Waals surface area contributed by atoms with Gasteiger partial charge in [0.05, 0.1) is 0 Å². The second-order valence-corrected chi connectivity index (χ2v) is 5.22. The van der Waals surface area contributed by atoms with Gasteiger partial charge in [0.25, 0.3) is 5.91 Å². The van der Waals surface area contributed by atoms with Crippen molar-refractivity contribution >= 4 is 27.8 Å². The van der Waals surface area contributed by atoms with E-state index < -0.39 is 11.5 Å². The van der Waals surface area contributed by atoms with Gasteiger partial charge in [-0.25, -0.2) is 4.79 Å². The molecule has 1 amide bonds. The summed E-state index contributed by atoms with van der Waals surface area (Å²) in [7, 11) is 0. The van der Waals surface area contributed by atoms with Crippen molar-refractivity contribution in [2.24, 2.45) is 0 Å². The zero-order valence-corrected chi connectivity index (χ0v) is 10.9. The van der Waals surface area contributed by atoms with Gasteiger partial charge in [0.1, 0.15) is 5.54 Å². The second-order valence-electron chi connectivity index (χ2n) is 4.30. The fourth-order valence-electron chi connectivity index (χ4n) is 1.68. The number of carboxylic acids is 1. The highest BCUT2D eigenvalue weighted by atomic mass is 79.9. The van der Waals surface area contributed by atoms with E-state index in [-0.39, 0.29) is 5.91 Å². The zero-order valence-electron chi connectivity index (χ0n) is 9.29. The molecule has 90 valence electrons. The van der Waals surface area contributed by atoms with Crippen LogP contribution in [0.2, 0.25) is 0 Å². The minimum Gasteiger partial charge on any atom is -0.480 e. The smallest absolute Gasteiger partial charge is 0.329 e. The van der Waals surface area contributed by atoms with Crippen molar-refractivity contribution in [3.63, 3.8) is 0 Å². The molecule has 0 spiro atoms. The van der Waals surface area contributed by atoms with Gasteiger partial charge in [-0.1, -0.05) is 15.9 Å². The van der Waals surface area contributed by atoms with E-state index in [1.54, 1.807) is 12.1 Å². The number of aliphatic carboxylic acids is 1. The van der Waals surface area contributed by atoms with Crippen LogP contribution in [0, 0.1) is 6.92 Å². The molecule has 0 heterocycles. The molecule has 1 saturated carbocycles. The summed E-state index contributed by atoms with van der Waals surface area (Å²) >= 11 is 3.32. The number of carboxylic acid groups (broad SMARTS) is 1. The number of nitrogens with one attached hydrogen (secondary N) is 1. The first kappa shape index (κ1) is 12.1. The quantitative estimate of drug-likeness (QED) is 0.898. The maximum absolute atomic E-state index is 11.9. The summed E-state index contributed by atoms with van der Waals surface area (Å²) in [6.45, 7) is 1.82. The van der Waals surface area contributed by atoms with Gasteiger partial charge >= 0.3 is 5.97 Å². The van der Waals surface area contributed by atoms with Crippen molar-refractivity contribution in [3.05, 3.63) is 33.8 Å². The number of benzene rings is 1. The Kier molecular flexibility index (Phi) is 2.95. The Morgan fingerprint density at radius 1 is 1.41 bits per heavy atom. The first-order valence-corrected chi connectivity index (χ1v) is 6.06. The predicted octanol–water partition coefficient (Wildman–Crippen LogP) is 2.10. The number of aryl methyl sites for hydroxylation is 1. The molecule has 5 heteroatoms. The van der Waals surface area contributed by atoms with E-state index in [0.717, 1.165) is 10.0 Å². The Morgan fingerprint density at radius 3 is 2.53 bits per heavy atom. The summed E-state index contributed by atoms with van der Waals surface area (Å²) in [5.41, 5.74) is 0.301. The fourth-order valence-corrected chi connectivity index (χ4v) is 2.16.